The van der Waals surface area contributed by atoms with Crippen molar-refractivity contribution in [3.63, 3.8) is 0 Å². The first-order chi connectivity index (χ1) is 7.24. The van der Waals surface area contributed by atoms with Gasteiger partial charge in [-0.3, -0.25) is 9.78 Å². The lowest BCUT2D eigenvalue weighted by Gasteiger charge is -2.02. The molecule has 5 nitrogen and oxygen atoms in total. The van der Waals surface area contributed by atoms with Crippen LogP contribution in [-0.2, 0) is 0 Å². The number of pyridine rings is 1. The van der Waals surface area contributed by atoms with E-state index in [2.05, 4.69) is 10.2 Å². The molecule has 2 aromatic rings. The molecule has 1 N–H and O–H groups in total. The summed E-state index contributed by atoms with van der Waals surface area (Å²) in [5.41, 5.74) is 0.156. The molecular weight excluding hydrogens is 196 g/mol. The highest BCUT2D eigenvalue weighted by Crippen LogP contribution is 2.26. The van der Waals surface area contributed by atoms with Crippen LogP contribution in [-0.4, -0.2) is 16.0 Å². The summed E-state index contributed by atoms with van der Waals surface area (Å²) in [5, 5.41) is 12.6. The van der Waals surface area contributed by atoms with Crippen LogP contribution in [0.15, 0.2) is 35.6 Å². The first-order valence-electron chi connectivity index (χ1n) is 4.18. The summed E-state index contributed by atoms with van der Waals surface area (Å²) >= 11 is 0. The molecule has 74 valence electrons. The third-order valence-electron chi connectivity index (χ3n) is 2.06. The van der Waals surface area contributed by atoms with E-state index in [4.69, 9.17) is 0 Å². The quantitative estimate of drug-likeness (QED) is 0.715. The molecule has 0 aliphatic heterocycles. The van der Waals surface area contributed by atoms with Crippen molar-refractivity contribution in [2.24, 2.45) is 5.18 Å². The monoisotopic (exact) mass is 202 g/mol. The Hall–Kier alpha value is -2.30. The second-order valence-electron chi connectivity index (χ2n) is 2.93. The highest BCUT2D eigenvalue weighted by Gasteiger charge is 2.14. The van der Waals surface area contributed by atoms with E-state index in [9.17, 15) is 14.8 Å². The third-order valence-corrected chi connectivity index (χ3v) is 2.06. The highest BCUT2D eigenvalue weighted by molar-refractivity contribution is 6.02. The summed E-state index contributed by atoms with van der Waals surface area (Å²) in [6.07, 6.45) is 1.49. The van der Waals surface area contributed by atoms with Gasteiger partial charge in [0, 0.05) is 16.8 Å². The SMILES string of the molecule is O=NC(=O)c1ccc2cccnc2c1O. The maximum absolute atomic E-state index is 11.0. The van der Waals surface area contributed by atoms with E-state index in [1.54, 1.807) is 18.2 Å². The van der Waals surface area contributed by atoms with Crippen LogP contribution >= 0.6 is 0 Å². The molecule has 0 unspecified atom stereocenters. The number of benzene rings is 1. The van der Waals surface area contributed by atoms with Crippen LogP contribution in [0.5, 0.6) is 5.75 Å². The van der Waals surface area contributed by atoms with Gasteiger partial charge in [0.25, 0.3) is 0 Å². The Kier molecular flexibility index (Phi) is 2.13. The number of carbonyl (C=O) groups is 1. The van der Waals surface area contributed by atoms with E-state index in [1.807, 2.05) is 0 Å². The molecule has 0 spiro atoms. The molecule has 15 heavy (non-hydrogen) atoms. The van der Waals surface area contributed by atoms with E-state index in [0.717, 1.165) is 0 Å². The van der Waals surface area contributed by atoms with Gasteiger partial charge in [-0.05, 0) is 12.1 Å². The smallest absolute Gasteiger partial charge is 0.320 e. The van der Waals surface area contributed by atoms with Crippen LogP contribution in [0.3, 0.4) is 0 Å². The molecule has 0 bridgehead atoms. The number of hydrogen-bond acceptors (Lipinski definition) is 4. The summed E-state index contributed by atoms with van der Waals surface area (Å²) in [6.45, 7) is 0. The predicted octanol–water partition coefficient (Wildman–Crippen LogP) is 1.85. The molecule has 1 heterocycles. The first-order valence-corrected chi connectivity index (χ1v) is 4.18. The largest absolute Gasteiger partial charge is 0.505 e. The minimum atomic E-state index is -1.000. The Labute approximate surface area is 84.3 Å². The molecule has 1 aromatic carbocycles. The number of carbonyl (C=O) groups excluding carboxylic acids is 1. The fourth-order valence-electron chi connectivity index (χ4n) is 1.35. The molecular formula is C10H6N2O3. The number of aromatic nitrogens is 1. The fourth-order valence-corrected chi connectivity index (χ4v) is 1.35. The van der Waals surface area contributed by atoms with Crippen molar-refractivity contribution in [3.05, 3.63) is 40.9 Å². The van der Waals surface area contributed by atoms with Gasteiger partial charge in [-0.2, -0.15) is 0 Å². The zero-order valence-electron chi connectivity index (χ0n) is 7.54. The van der Waals surface area contributed by atoms with Crippen molar-refractivity contribution in [2.75, 3.05) is 0 Å². The average molecular weight is 202 g/mol. The summed E-state index contributed by atoms with van der Waals surface area (Å²) in [6, 6.07) is 6.40. The van der Waals surface area contributed by atoms with E-state index >= 15 is 0 Å². The van der Waals surface area contributed by atoms with Gasteiger partial charge in [-0.25, -0.2) is 0 Å². The zero-order chi connectivity index (χ0) is 10.8. The maximum atomic E-state index is 11.0. The Morgan fingerprint density at radius 1 is 1.33 bits per heavy atom. The molecule has 0 atom stereocenters. The molecule has 0 radical (unpaired) electrons. The van der Waals surface area contributed by atoms with Gasteiger partial charge in [-0.15, -0.1) is 4.91 Å². The number of fused-ring (bicyclic) bond motifs is 1. The number of phenols is 1. The lowest BCUT2D eigenvalue weighted by Crippen LogP contribution is -1.95. The summed E-state index contributed by atoms with van der Waals surface area (Å²) < 4.78 is 0. The number of phenolic OH excluding ortho intramolecular Hbond substituents is 1. The Morgan fingerprint density at radius 3 is 2.87 bits per heavy atom. The zero-order valence-corrected chi connectivity index (χ0v) is 7.54. The van der Waals surface area contributed by atoms with Crippen molar-refractivity contribution in [3.8, 4) is 5.75 Å². The lowest BCUT2D eigenvalue weighted by atomic mass is 10.1. The lowest BCUT2D eigenvalue weighted by molar-refractivity contribution is 0.0998. The van der Waals surface area contributed by atoms with Gasteiger partial charge in [0.05, 0.1) is 5.56 Å². The second kappa shape index (κ2) is 3.45. The molecule has 0 aliphatic carbocycles. The van der Waals surface area contributed by atoms with Gasteiger partial charge in [0.2, 0.25) is 0 Å². The minimum absolute atomic E-state index is 0.129. The van der Waals surface area contributed by atoms with Crippen molar-refractivity contribution in [1.29, 1.82) is 0 Å². The highest BCUT2D eigenvalue weighted by atomic mass is 16.3. The molecule has 0 saturated carbocycles. The second-order valence-corrected chi connectivity index (χ2v) is 2.93. The van der Waals surface area contributed by atoms with Gasteiger partial charge in [0.1, 0.15) is 5.52 Å². The molecule has 2 rings (SSSR count). The minimum Gasteiger partial charge on any atom is -0.505 e. The van der Waals surface area contributed by atoms with E-state index in [-0.39, 0.29) is 16.8 Å². The van der Waals surface area contributed by atoms with E-state index < -0.39 is 5.91 Å². The van der Waals surface area contributed by atoms with Crippen molar-refractivity contribution < 1.29 is 9.90 Å². The number of nitrogens with zero attached hydrogens (tertiary/aromatic N) is 2. The number of amides is 1. The van der Waals surface area contributed by atoms with Crippen LogP contribution in [0.2, 0.25) is 0 Å². The molecule has 1 aromatic heterocycles. The van der Waals surface area contributed by atoms with Crippen molar-refractivity contribution in [1.82, 2.24) is 4.98 Å². The van der Waals surface area contributed by atoms with Gasteiger partial charge in [0.15, 0.2) is 5.75 Å². The van der Waals surface area contributed by atoms with Crippen LogP contribution < -0.4 is 0 Å². The number of hydrogen-bond donors (Lipinski definition) is 1. The molecule has 0 fully saturated rings. The predicted molar refractivity (Wildman–Crippen MR) is 53.5 cm³/mol. The van der Waals surface area contributed by atoms with E-state index in [0.29, 0.717) is 5.39 Å². The third kappa shape index (κ3) is 1.43. The summed E-state index contributed by atoms with van der Waals surface area (Å²) in [7, 11) is 0. The molecule has 0 aliphatic rings. The van der Waals surface area contributed by atoms with Gasteiger partial charge in [-0.1, -0.05) is 12.1 Å². The number of aromatic hydroxyl groups is 1. The first kappa shape index (κ1) is 9.26. The number of rotatable bonds is 1. The molecule has 5 heteroatoms. The van der Waals surface area contributed by atoms with E-state index in [1.165, 1.54) is 12.3 Å². The van der Waals surface area contributed by atoms with Crippen LogP contribution in [0.4, 0.5) is 0 Å². The topological polar surface area (TPSA) is 79.6 Å². The van der Waals surface area contributed by atoms with Crippen molar-refractivity contribution >= 4 is 16.8 Å². The normalized spacial score (nSPS) is 10.1. The van der Waals surface area contributed by atoms with Crippen LogP contribution in [0, 0.1) is 4.91 Å². The maximum Gasteiger partial charge on any atom is 0.320 e. The Bertz CT molecular complexity index is 551. The Balaban J connectivity index is 2.75. The van der Waals surface area contributed by atoms with Crippen LogP contribution in [0.1, 0.15) is 10.4 Å². The molecule has 1 amide bonds. The summed E-state index contributed by atoms with van der Waals surface area (Å²) in [5.74, 6) is -1.31. The van der Waals surface area contributed by atoms with Crippen molar-refractivity contribution in [2.45, 2.75) is 0 Å². The molecule has 0 saturated heterocycles. The number of nitroso groups, excluding NO2 is 1. The average Bonchev–Trinajstić information content (AvgIpc) is 2.29. The Morgan fingerprint density at radius 2 is 2.13 bits per heavy atom. The van der Waals surface area contributed by atoms with Crippen LogP contribution in [0.25, 0.3) is 10.9 Å². The van der Waals surface area contributed by atoms with Gasteiger partial charge < -0.3 is 5.11 Å². The van der Waals surface area contributed by atoms with Gasteiger partial charge >= 0.3 is 5.91 Å². The summed E-state index contributed by atoms with van der Waals surface area (Å²) in [4.78, 5) is 25.0. The fraction of sp³-hybridized carbons (Fsp3) is 0. The standard InChI is InChI=1S/C10H6N2O3/c13-9-7(10(14)12-15)4-3-6-2-1-5-11-8(6)9/h1-5,13H.